The molecule has 0 aromatic carbocycles. The molecule has 14 heavy (non-hydrogen) atoms. The molecule has 0 aromatic heterocycles. The highest BCUT2D eigenvalue weighted by Crippen LogP contribution is 2.17. The van der Waals surface area contributed by atoms with Gasteiger partial charge in [-0.2, -0.15) is 0 Å². The number of piperidine rings is 1. The molecule has 1 rings (SSSR count). The van der Waals surface area contributed by atoms with E-state index in [-0.39, 0.29) is 6.04 Å². The zero-order chi connectivity index (χ0) is 10.7. The highest BCUT2D eigenvalue weighted by Gasteiger charge is 2.38. The standard InChI is InChI=1S/C9H19NO4/c1-6-8(12)9(13)7(11)5-10(6)3-4-14-2/h6-9,11-13H,3-5H2,1-2H3/t6-,7+,8-,9-/m1/s1. The van der Waals surface area contributed by atoms with E-state index < -0.39 is 18.3 Å². The number of nitrogens with zero attached hydrogens (tertiary/aromatic N) is 1. The second kappa shape index (κ2) is 5.04. The van der Waals surface area contributed by atoms with Crippen molar-refractivity contribution in [2.24, 2.45) is 0 Å². The minimum atomic E-state index is -1.04. The van der Waals surface area contributed by atoms with Gasteiger partial charge >= 0.3 is 0 Å². The lowest BCUT2D eigenvalue weighted by molar-refractivity contribution is -0.135. The monoisotopic (exact) mass is 205 g/mol. The summed E-state index contributed by atoms with van der Waals surface area (Å²) in [7, 11) is 1.61. The van der Waals surface area contributed by atoms with E-state index in [1.165, 1.54) is 0 Å². The summed E-state index contributed by atoms with van der Waals surface area (Å²) in [4.78, 5) is 1.91. The number of methoxy groups -OCH3 is 1. The van der Waals surface area contributed by atoms with Crippen LogP contribution in [0.1, 0.15) is 6.92 Å². The first-order valence-electron chi connectivity index (χ1n) is 4.85. The van der Waals surface area contributed by atoms with Crippen LogP contribution in [0.4, 0.5) is 0 Å². The maximum atomic E-state index is 9.59. The first-order valence-corrected chi connectivity index (χ1v) is 4.85. The van der Waals surface area contributed by atoms with Crippen LogP contribution in [0.15, 0.2) is 0 Å². The van der Waals surface area contributed by atoms with Crippen molar-refractivity contribution in [1.82, 2.24) is 4.90 Å². The Morgan fingerprint density at radius 1 is 1.29 bits per heavy atom. The van der Waals surface area contributed by atoms with Gasteiger partial charge in [0, 0.05) is 26.2 Å². The second-order valence-electron chi connectivity index (χ2n) is 3.78. The van der Waals surface area contributed by atoms with Crippen LogP contribution in [0.2, 0.25) is 0 Å². The summed E-state index contributed by atoms with van der Waals surface area (Å²) in [6.07, 6.45) is -2.81. The van der Waals surface area contributed by atoms with Gasteiger partial charge in [-0.1, -0.05) is 0 Å². The van der Waals surface area contributed by atoms with Gasteiger partial charge in [0.1, 0.15) is 6.10 Å². The lowest BCUT2D eigenvalue weighted by Gasteiger charge is -2.42. The topological polar surface area (TPSA) is 73.2 Å². The average molecular weight is 205 g/mol. The summed E-state index contributed by atoms with van der Waals surface area (Å²) >= 11 is 0. The van der Waals surface area contributed by atoms with E-state index in [0.717, 1.165) is 0 Å². The fourth-order valence-corrected chi connectivity index (χ4v) is 1.75. The Morgan fingerprint density at radius 2 is 1.93 bits per heavy atom. The number of rotatable bonds is 3. The summed E-state index contributed by atoms with van der Waals surface area (Å²) in [5.74, 6) is 0. The molecule has 3 N–H and O–H groups in total. The third kappa shape index (κ3) is 2.43. The minimum Gasteiger partial charge on any atom is -0.389 e. The highest BCUT2D eigenvalue weighted by atomic mass is 16.5. The van der Waals surface area contributed by atoms with Crippen molar-refractivity contribution in [3.05, 3.63) is 0 Å². The third-order valence-electron chi connectivity index (χ3n) is 2.82. The summed E-state index contributed by atoms with van der Waals surface area (Å²) in [5, 5.41) is 28.4. The molecule has 1 fully saturated rings. The Hall–Kier alpha value is -0.200. The molecular weight excluding hydrogens is 186 g/mol. The molecule has 1 aliphatic rings. The largest absolute Gasteiger partial charge is 0.389 e. The first-order chi connectivity index (χ1) is 6.57. The molecule has 4 atom stereocenters. The number of hydrogen-bond donors (Lipinski definition) is 3. The van der Waals surface area contributed by atoms with Crippen LogP contribution in [0, 0.1) is 0 Å². The molecule has 1 aliphatic heterocycles. The fourth-order valence-electron chi connectivity index (χ4n) is 1.75. The van der Waals surface area contributed by atoms with E-state index in [2.05, 4.69) is 0 Å². The summed E-state index contributed by atoms with van der Waals surface area (Å²) in [6.45, 7) is 3.41. The number of β-amino-alcohol motifs (C(OH)–C–C–N with tert-alkyl or cyclic N) is 1. The molecule has 0 unspecified atom stereocenters. The maximum absolute atomic E-state index is 9.59. The van der Waals surface area contributed by atoms with E-state index >= 15 is 0 Å². The number of aliphatic hydroxyl groups excluding tert-OH is 3. The Labute approximate surface area is 83.9 Å². The van der Waals surface area contributed by atoms with Crippen LogP contribution in [0.3, 0.4) is 0 Å². The van der Waals surface area contributed by atoms with Crippen LogP contribution in [-0.4, -0.2) is 71.4 Å². The summed E-state index contributed by atoms with van der Waals surface area (Å²) in [5.41, 5.74) is 0. The molecule has 0 aliphatic carbocycles. The molecule has 0 radical (unpaired) electrons. The maximum Gasteiger partial charge on any atom is 0.108 e. The van der Waals surface area contributed by atoms with Crippen LogP contribution < -0.4 is 0 Å². The third-order valence-corrected chi connectivity index (χ3v) is 2.82. The molecule has 5 heteroatoms. The number of ether oxygens (including phenoxy) is 1. The van der Waals surface area contributed by atoms with Crippen molar-refractivity contribution < 1.29 is 20.1 Å². The van der Waals surface area contributed by atoms with Gasteiger partial charge in [0.25, 0.3) is 0 Å². The lowest BCUT2D eigenvalue weighted by atomic mass is 9.95. The van der Waals surface area contributed by atoms with Crippen molar-refractivity contribution in [3.63, 3.8) is 0 Å². The quantitative estimate of drug-likeness (QED) is 0.518. The molecule has 0 bridgehead atoms. The molecule has 1 saturated heterocycles. The summed E-state index contributed by atoms with van der Waals surface area (Å²) < 4.78 is 4.92. The second-order valence-corrected chi connectivity index (χ2v) is 3.78. The van der Waals surface area contributed by atoms with Gasteiger partial charge in [0.2, 0.25) is 0 Å². The Kier molecular flexibility index (Phi) is 4.28. The van der Waals surface area contributed by atoms with Crippen molar-refractivity contribution in [2.75, 3.05) is 26.8 Å². The molecule has 0 saturated carbocycles. The number of likely N-dealkylation sites (tertiary alicyclic amines) is 1. The van der Waals surface area contributed by atoms with Crippen LogP contribution in [-0.2, 0) is 4.74 Å². The van der Waals surface area contributed by atoms with Crippen molar-refractivity contribution >= 4 is 0 Å². The normalized spacial score (nSPS) is 40.1. The predicted molar refractivity (Wildman–Crippen MR) is 50.9 cm³/mol. The lowest BCUT2D eigenvalue weighted by Crippen LogP contribution is -2.60. The van der Waals surface area contributed by atoms with Crippen LogP contribution in [0.25, 0.3) is 0 Å². The van der Waals surface area contributed by atoms with Gasteiger partial charge < -0.3 is 20.1 Å². The average Bonchev–Trinajstić information content (AvgIpc) is 2.18. The Morgan fingerprint density at radius 3 is 2.50 bits per heavy atom. The Bertz CT molecular complexity index is 178. The molecule has 0 amide bonds. The van der Waals surface area contributed by atoms with Crippen molar-refractivity contribution in [1.29, 1.82) is 0 Å². The minimum absolute atomic E-state index is 0.149. The SMILES string of the molecule is COCCN1C[C@H](O)[C@@H](O)[C@H](O)[C@H]1C. The van der Waals surface area contributed by atoms with Crippen molar-refractivity contribution in [3.8, 4) is 0 Å². The van der Waals surface area contributed by atoms with Crippen LogP contribution >= 0.6 is 0 Å². The number of aliphatic hydroxyl groups is 3. The van der Waals surface area contributed by atoms with Gasteiger partial charge in [0.15, 0.2) is 0 Å². The van der Waals surface area contributed by atoms with Gasteiger partial charge in [-0.05, 0) is 6.92 Å². The Balaban J connectivity index is 2.52. The highest BCUT2D eigenvalue weighted by molar-refractivity contribution is 4.91. The van der Waals surface area contributed by atoms with Crippen molar-refractivity contribution in [2.45, 2.75) is 31.3 Å². The molecule has 1 heterocycles. The molecule has 84 valence electrons. The summed E-state index contributed by atoms with van der Waals surface area (Å²) in [6, 6.07) is -0.149. The zero-order valence-corrected chi connectivity index (χ0v) is 8.63. The fraction of sp³-hybridized carbons (Fsp3) is 1.00. The van der Waals surface area contributed by atoms with Gasteiger partial charge in [-0.25, -0.2) is 0 Å². The molecule has 5 nitrogen and oxygen atoms in total. The van der Waals surface area contributed by atoms with Gasteiger partial charge in [-0.3, -0.25) is 4.90 Å². The molecule has 0 aromatic rings. The van der Waals surface area contributed by atoms with E-state index in [9.17, 15) is 15.3 Å². The van der Waals surface area contributed by atoms with E-state index in [1.54, 1.807) is 7.11 Å². The molecule has 0 spiro atoms. The van der Waals surface area contributed by atoms with E-state index in [0.29, 0.717) is 19.7 Å². The van der Waals surface area contributed by atoms with Gasteiger partial charge in [-0.15, -0.1) is 0 Å². The first kappa shape index (κ1) is 11.9. The van der Waals surface area contributed by atoms with Crippen LogP contribution in [0.5, 0.6) is 0 Å². The molecular formula is C9H19NO4. The van der Waals surface area contributed by atoms with Gasteiger partial charge in [0.05, 0.1) is 18.8 Å². The zero-order valence-electron chi connectivity index (χ0n) is 8.63. The number of hydrogen-bond acceptors (Lipinski definition) is 5. The predicted octanol–water partition coefficient (Wildman–Crippen LogP) is -1.58. The van der Waals surface area contributed by atoms with E-state index in [4.69, 9.17) is 4.74 Å². The smallest absolute Gasteiger partial charge is 0.108 e. The van der Waals surface area contributed by atoms with E-state index in [1.807, 2.05) is 11.8 Å².